The Hall–Kier alpha value is -1.36. The van der Waals surface area contributed by atoms with Crippen LogP contribution in [0.25, 0.3) is 0 Å². The zero-order valence-electron chi connectivity index (χ0n) is 13.1. The lowest BCUT2D eigenvalue weighted by Gasteiger charge is -2.26. The molecule has 1 aromatic heterocycles. The summed E-state index contributed by atoms with van der Waals surface area (Å²) < 4.78 is 1.66. The number of aliphatic hydroxyl groups is 1. The van der Waals surface area contributed by atoms with Gasteiger partial charge in [0.05, 0.1) is 17.7 Å². The second-order valence-corrected chi connectivity index (χ2v) is 5.45. The summed E-state index contributed by atoms with van der Waals surface area (Å²) in [4.78, 5) is 12.1. The molecule has 5 heteroatoms. The highest BCUT2D eigenvalue weighted by Gasteiger charge is 2.28. The molecule has 20 heavy (non-hydrogen) atoms. The maximum absolute atomic E-state index is 12.1. The number of anilines is 1. The summed E-state index contributed by atoms with van der Waals surface area (Å²) in [5.74, 6) is 0.530. The first-order valence-electron chi connectivity index (χ1n) is 7.49. The molecule has 1 rings (SSSR count). The Morgan fingerprint density at radius 2 is 1.95 bits per heavy atom. The first-order chi connectivity index (χ1) is 9.44. The fourth-order valence-corrected chi connectivity index (χ4v) is 2.53. The van der Waals surface area contributed by atoms with E-state index in [1.807, 2.05) is 26.8 Å². The maximum Gasteiger partial charge on any atom is 0.228 e. The SMILES string of the molecule is CCCC(O)(CCC)CC(=O)Nc1cc(CC)nn1C. The summed E-state index contributed by atoms with van der Waals surface area (Å²) >= 11 is 0. The second kappa shape index (κ2) is 7.43. The molecule has 0 fully saturated rings. The van der Waals surface area contributed by atoms with E-state index >= 15 is 0 Å². The number of nitrogens with one attached hydrogen (secondary N) is 1. The summed E-state index contributed by atoms with van der Waals surface area (Å²) in [5.41, 5.74) is 0.0555. The molecule has 0 aliphatic heterocycles. The standard InChI is InChI=1S/C15H27N3O2/c1-5-8-15(20,9-6-2)11-14(19)16-13-10-12(7-3)17-18(13)4/h10,20H,5-9,11H2,1-4H3,(H,16,19). The van der Waals surface area contributed by atoms with Gasteiger partial charge in [0, 0.05) is 13.1 Å². The molecule has 0 aliphatic carbocycles. The van der Waals surface area contributed by atoms with Gasteiger partial charge in [-0.25, -0.2) is 0 Å². The minimum absolute atomic E-state index is 0.140. The van der Waals surface area contributed by atoms with Crippen LogP contribution in [-0.2, 0) is 18.3 Å². The fraction of sp³-hybridized carbons (Fsp3) is 0.733. The molecular weight excluding hydrogens is 254 g/mol. The third kappa shape index (κ3) is 4.63. The Morgan fingerprint density at radius 1 is 1.35 bits per heavy atom. The van der Waals surface area contributed by atoms with Gasteiger partial charge in [-0.05, 0) is 19.3 Å². The molecule has 0 atom stereocenters. The molecular formula is C15H27N3O2. The van der Waals surface area contributed by atoms with E-state index in [4.69, 9.17) is 0 Å². The van der Waals surface area contributed by atoms with Crippen molar-refractivity contribution in [1.29, 1.82) is 0 Å². The van der Waals surface area contributed by atoms with E-state index in [1.165, 1.54) is 0 Å². The van der Waals surface area contributed by atoms with Crippen LogP contribution in [0.15, 0.2) is 6.07 Å². The van der Waals surface area contributed by atoms with Gasteiger partial charge >= 0.3 is 0 Å². The van der Waals surface area contributed by atoms with E-state index < -0.39 is 5.60 Å². The number of aromatic nitrogens is 2. The largest absolute Gasteiger partial charge is 0.389 e. The van der Waals surface area contributed by atoms with Crippen LogP contribution in [0, 0.1) is 0 Å². The number of amides is 1. The van der Waals surface area contributed by atoms with Crippen molar-refractivity contribution >= 4 is 11.7 Å². The van der Waals surface area contributed by atoms with Gasteiger partial charge < -0.3 is 10.4 Å². The van der Waals surface area contributed by atoms with E-state index in [0.29, 0.717) is 18.7 Å². The Bertz CT molecular complexity index is 434. The predicted octanol–water partition coefficient (Wildman–Crippen LogP) is 2.64. The van der Waals surface area contributed by atoms with Gasteiger partial charge in [0.2, 0.25) is 5.91 Å². The summed E-state index contributed by atoms with van der Waals surface area (Å²) in [6, 6.07) is 1.87. The summed E-state index contributed by atoms with van der Waals surface area (Å²) in [7, 11) is 1.80. The Morgan fingerprint density at radius 3 is 2.40 bits per heavy atom. The van der Waals surface area contributed by atoms with Crippen LogP contribution in [0.3, 0.4) is 0 Å². The predicted molar refractivity (Wildman–Crippen MR) is 80.6 cm³/mol. The van der Waals surface area contributed by atoms with Gasteiger partial charge in [0.1, 0.15) is 5.82 Å². The number of carbonyl (C=O) groups excluding carboxylic acids is 1. The molecule has 2 N–H and O–H groups in total. The van der Waals surface area contributed by atoms with Gasteiger partial charge in [-0.15, -0.1) is 0 Å². The number of hydrogen-bond acceptors (Lipinski definition) is 3. The van der Waals surface area contributed by atoms with E-state index in [1.54, 1.807) is 11.7 Å². The molecule has 0 saturated heterocycles. The molecule has 0 aromatic carbocycles. The second-order valence-electron chi connectivity index (χ2n) is 5.45. The monoisotopic (exact) mass is 281 g/mol. The van der Waals surface area contributed by atoms with Crippen molar-refractivity contribution in [2.24, 2.45) is 7.05 Å². The third-order valence-electron chi connectivity index (χ3n) is 3.48. The van der Waals surface area contributed by atoms with Crippen LogP contribution in [0.4, 0.5) is 5.82 Å². The zero-order valence-corrected chi connectivity index (χ0v) is 13.1. The smallest absolute Gasteiger partial charge is 0.228 e. The normalized spacial score (nSPS) is 11.7. The molecule has 1 heterocycles. The molecule has 5 nitrogen and oxygen atoms in total. The summed E-state index contributed by atoms with van der Waals surface area (Å²) in [5, 5.41) is 17.6. The molecule has 1 aromatic rings. The van der Waals surface area contributed by atoms with Crippen LogP contribution in [0.1, 0.15) is 58.6 Å². The van der Waals surface area contributed by atoms with Crippen LogP contribution in [0.2, 0.25) is 0 Å². The van der Waals surface area contributed by atoms with Crippen LogP contribution in [0.5, 0.6) is 0 Å². The number of rotatable bonds is 8. The number of nitrogens with zero attached hydrogens (tertiary/aromatic N) is 2. The van der Waals surface area contributed by atoms with E-state index in [0.717, 1.165) is 25.0 Å². The number of aryl methyl sites for hydroxylation is 2. The highest BCUT2D eigenvalue weighted by Crippen LogP contribution is 2.24. The van der Waals surface area contributed by atoms with Gasteiger partial charge in [-0.2, -0.15) is 5.10 Å². The lowest BCUT2D eigenvalue weighted by Crippen LogP contribution is -2.34. The molecule has 1 amide bonds. The van der Waals surface area contributed by atoms with E-state index in [9.17, 15) is 9.90 Å². The Balaban J connectivity index is 2.67. The minimum atomic E-state index is -0.889. The van der Waals surface area contributed by atoms with Crippen molar-refractivity contribution in [1.82, 2.24) is 9.78 Å². The van der Waals surface area contributed by atoms with E-state index in [2.05, 4.69) is 10.4 Å². The van der Waals surface area contributed by atoms with Gasteiger partial charge in [-0.1, -0.05) is 33.6 Å². The highest BCUT2D eigenvalue weighted by molar-refractivity contribution is 5.90. The lowest BCUT2D eigenvalue weighted by atomic mass is 9.89. The number of carbonyl (C=O) groups is 1. The third-order valence-corrected chi connectivity index (χ3v) is 3.48. The zero-order chi connectivity index (χ0) is 15.2. The quantitative estimate of drug-likeness (QED) is 0.769. The molecule has 0 unspecified atom stereocenters. The average molecular weight is 281 g/mol. The van der Waals surface area contributed by atoms with Gasteiger partial charge in [-0.3, -0.25) is 9.48 Å². The van der Waals surface area contributed by atoms with Crippen molar-refractivity contribution in [3.05, 3.63) is 11.8 Å². The summed E-state index contributed by atoms with van der Waals surface area (Å²) in [6.07, 6.45) is 4.02. The highest BCUT2D eigenvalue weighted by atomic mass is 16.3. The molecule has 114 valence electrons. The van der Waals surface area contributed by atoms with Crippen molar-refractivity contribution in [3.63, 3.8) is 0 Å². The molecule has 0 bridgehead atoms. The number of hydrogen-bond donors (Lipinski definition) is 2. The van der Waals surface area contributed by atoms with Crippen molar-refractivity contribution in [3.8, 4) is 0 Å². The van der Waals surface area contributed by atoms with Crippen molar-refractivity contribution in [2.45, 2.75) is 64.9 Å². The van der Waals surface area contributed by atoms with Crippen LogP contribution < -0.4 is 5.32 Å². The Labute approximate surface area is 121 Å². The molecule has 0 radical (unpaired) electrons. The van der Waals surface area contributed by atoms with Crippen molar-refractivity contribution in [2.75, 3.05) is 5.32 Å². The first-order valence-corrected chi connectivity index (χ1v) is 7.49. The van der Waals surface area contributed by atoms with Gasteiger partial charge in [0.15, 0.2) is 0 Å². The topological polar surface area (TPSA) is 67.2 Å². The Kier molecular flexibility index (Phi) is 6.20. The van der Waals surface area contributed by atoms with E-state index in [-0.39, 0.29) is 12.3 Å². The maximum atomic E-state index is 12.1. The molecule has 0 aliphatic rings. The minimum Gasteiger partial charge on any atom is -0.389 e. The lowest BCUT2D eigenvalue weighted by molar-refractivity contribution is -0.121. The van der Waals surface area contributed by atoms with Crippen LogP contribution in [-0.4, -0.2) is 26.4 Å². The molecule has 0 saturated carbocycles. The fourth-order valence-electron chi connectivity index (χ4n) is 2.53. The average Bonchev–Trinajstić information content (AvgIpc) is 2.70. The first kappa shape index (κ1) is 16.7. The summed E-state index contributed by atoms with van der Waals surface area (Å²) in [6.45, 7) is 6.07. The molecule has 0 spiro atoms. The van der Waals surface area contributed by atoms with Crippen LogP contribution >= 0.6 is 0 Å². The van der Waals surface area contributed by atoms with Crippen molar-refractivity contribution < 1.29 is 9.90 Å². The van der Waals surface area contributed by atoms with Gasteiger partial charge in [0.25, 0.3) is 0 Å².